The van der Waals surface area contributed by atoms with Crippen molar-refractivity contribution in [1.82, 2.24) is 15.2 Å². The summed E-state index contributed by atoms with van der Waals surface area (Å²) in [7, 11) is 0. The number of nitrogens with one attached hydrogen (secondary N) is 2. The van der Waals surface area contributed by atoms with E-state index in [1.165, 1.54) is 6.07 Å². The molecule has 0 aliphatic rings. The Kier molecular flexibility index (Phi) is 4.02. The van der Waals surface area contributed by atoms with E-state index in [1.807, 2.05) is 0 Å². The highest BCUT2D eigenvalue weighted by atomic mass is 16.6. The van der Waals surface area contributed by atoms with Gasteiger partial charge in [-0.05, 0) is 19.9 Å². The number of aromatic amines is 1. The van der Waals surface area contributed by atoms with Gasteiger partial charge in [-0.15, -0.1) is 0 Å². The number of para-hydroxylation sites is 1. The van der Waals surface area contributed by atoms with E-state index in [1.54, 1.807) is 32.0 Å². The van der Waals surface area contributed by atoms with Crippen molar-refractivity contribution in [3.63, 3.8) is 0 Å². The molecular weight excluding hydrogens is 276 g/mol. The molecule has 0 unspecified atom stereocenters. The number of benzene rings is 1. The first-order valence-corrected chi connectivity index (χ1v) is 5.96. The first kappa shape index (κ1) is 14.3. The molecule has 0 bridgehead atoms. The van der Waals surface area contributed by atoms with Gasteiger partial charge >= 0.3 is 5.69 Å². The summed E-state index contributed by atoms with van der Waals surface area (Å²) in [5, 5.41) is 20.9. The van der Waals surface area contributed by atoms with Crippen molar-refractivity contribution >= 4 is 17.2 Å². The van der Waals surface area contributed by atoms with E-state index in [4.69, 9.17) is 0 Å². The van der Waals surface area contributed by atoms with Gasteiger partial charge in [0.25, 0.3) is 5.69 Å². The summed E-state index contributed by atoms with van der Waals surface area (Å²) in [6.07, 6.45) is 0. The van der Waals surface area contributed by atoms with E-state index in [9.17, 15) is 14.9 Å². The Hall–Kier alpha value is -3.10. The molecule has 2 aromatic rings. The van der Waals surface area contributed by atoms with Gasteiger partial charge in [0.05, 0.1) is 16.2 Å². The predicted octanol–water partition coefficient (Wildman–Crippen LogP) is 1.22. The van der Waals surface area contributed by atoms with Crippen molar-refractivity contribution in [3.8, 4) is 0 Å². The third kappa shape index (κ3) is 3.26. The summed E-state index contributed by atoms with van der Waals surface area (Å²) in [5.41, 5.74) is 3.16. The fourth-order valence-electron chi connectivity index (χ4n) is 1.63. The normalized spacial score (nSPS) is 11.2. The largest absolute Gasteiger partial charge is 0.363 e. The van der Waals surface area contributed by atoms with Gasteiger partial charge in [-0.1, -0.05) is 12.1 Å². The molecule has 0 aliphatic heterocycles. The molecule has 0 fully saturated rings. The molecule has 0 atom stereocenters. The van der Waals surface area contributed by atoms with Crippen LogP contribution < -0.4 is 11.1 Å². The fraction of sp³-hybridized carbons (Fsp3) is 0.167. The molecule has 0 saturated heterocycles. The monoisotopic (exact) mass is 288 g/mol. The van der Waals surface area contributed by atoms with Crippen molar-refractivity contribution in [2.45, 2.75) is 13.8 Å². The molecule has 1 aromatic carbocycles. The zero-order chi connectivity index (χ0) is 15.4. The Morgan fingerprint density at radius 1 is 1.43 bits per heavy atom. The number of aryl methyl sites for hydroxylation is 1. The lowest BCUT2D eigenvalue weighted by molar-refractivity contribution is -0.385. The Labute approximate surface area is 118 Å². The van der Waals surface area contributed by atoms with Crippen molar-refractivity contribution in [2.75, 3.05) is 5.43 Å². The van der Waals surface area contributed by atoms with E-state index in [-0.39, 0.29) is 11.5 Å². The van der Waals surface area contributed by atoms with Gasteiger partial charge in [0, 0.05) is 6.07 Å². The molecule has 1 aromatic heterocycles. The van der Waals surface area contributed by atoms with Crippen LogP contribution in [0.4, 0.5) is 11.5 Å². The minimum Gasteiger partial charge on any atom is -0.259 e. The maximum atomic E-state index is 11.1. The van der Waals surface area contributed by atoms with Gasteiger partial charge in [0.1, 0.15) is 5.69 Å². The lowest BCUT2D eigenvalue weighted by Gasteiger charge is -2.04. The SMILES string of the molecule is C/C(=N\Nc1nc(=O)[nH]nc1C)c1ccccc1[N+](=O)[O-]. The molecule has 0 aliphatic carbocycles. The zero-order valence-corrected chi connectivity index (χ0v) is 11.3. The van der Waals surface area contributed by atoms with E-state index in [0.29, 0.717) is 17.0 Å². The highest BCUT2D eigenvalue weighted by molar-refractivity contribution is 6.02. The number of rotatable bonds is 4. The summed E-state index contributed by atoms with van der Waals surface area (Å²) in [5.74, 6) is 0.191. The molecule has 21 heavy (non-hydrogen) atoms. The van der Waals surface area contributed by atoms with Crippen LogP contribution in [0.5, 0.6) is 0 Å². The summed E-state index contributed by atoms with van der Waals surface area (Å²) in [6, 6.07) is 6.25. The van der Waals surface area contributed by atoms with Crippen molar-refractivity contribution in [3.05, 3.63) is 56.1 Å². The number of H-pyrrole nitrogens is 1. The molecule has 2 rings (SSSR count). The van der Waals surface area contributed by atoms with Crippen LogP contribution in [-0.4, -0.2) is 25.8 Å². The van der Waals surface area contributed by atoms with E-state index < -0.39 is 10.6 Å². The number of aromatic nitrogens is 3. The number of hydrogen-bond donors (Lipinski definition) is 2. The van der Waals surface area contributed by atoms with E-state index in [2.05, 4.69) is 25.7 Å². The molecule has 2 N–H and O–H groups in total. The van der Waals surface area contributed by atoms with Crippen LogP contribution >= 0.6 is 0 Å². The Balaban J connectivity index is 2.32. The Morgan fingerprint density at radius 3 is 2.86 bits per heavy atom. The number of nitro groups is 1. The van der Waals surface area contributed by atoms with Gasteiger partial charge in [0.2, 0.25) is 0 Å². The van der Waals surface area contributed by atoms with Crippen molar-refractivity contribution in [2.24, 2.45) is 5.10 Å². The fourth-order valence-corrected chi connectivity index (χ4v) is 1.63. The number of hydrazone groups is 1. The molecule has 1 heterocycles. The Morgan fingerprint density at radius 2 is 2.14 bits per heavy atom. The first-order chi connectivity index (χ1) is 9.99. The molecule has 9 nitrogen and oxygen atoms in total. The third-order valence-corrected chi connectivity index (χ3v) is 2.70. The Bertz CT molecular complexity index is 768. The minimum atomic E-state index is -0.610. The third-order valence-electron chi connectivity index (χ3n) is 2.70. The topological polar surface area (TPSA) is 126 Å². The average molecular weight is 288 g/mol. The lowest BCUT2D eigenvalue weighted by atomic mass is 10.1. The standard InChI is InChI=1S/C12H12N6O3/c1-7(9-5-3-4-6-10(9)18(20)21)14-16-11-8(2)15-17-12(19)13-11/h3-6H,1-2H3,(H2,13,16,17,19)/b14-7+. The van der Waals surface area contributed by atoms with Crippen molar-refractivity contribution in [1.29, 1.82) is 0 Å². The molecule has 0 spiro atoms. The number of nitrogens with zero attached hydrogens (tertiary/aromatic N) is 4. The maximum absolute atomic E-state index is 11.1. The number of nitro benzene ring substituents is 1. The molecule has 9 heteroatoms. The van der Waals surface area contributed by atoms with E-state index in [0.717, 1.165) is 0 Å². The van der Waals surface area contributed by atoms with Crippen LogP contribution in [0.15, 0.2) is 34.2 Å². The van der Waals surface area contributed by atoms with Gasteiger partial charge in [-0.3, -0.25) is 15.5 Å². The smallest absolute Gasteiger partial charge is 0.259 e. The van der Waals surface area contributed by atoms with Gasteiger partial charge in [-0.25, -0.2) is 9.89 Å². The highest BCUT2D eigenvalue weighted by Crippen LogP contribution is 2.18. The van der Waals surface area contributed by atoms with Crippen LogP contribution in [0, 0.1) is 17.0 Å². The minimum absolute atomic E-state index is 0.0470. The van der Waals surface area contributed by atoms with Crippen LogP contribution in [0.25, 0.3) is 0 Å². The van der Waals surface area contributed by atoms with Crippen LogP contribution in [0.2, 0.25) is 0 Å². The second-order valence-corrected chi connectivity index (χ2v) is 4.16. The summed E-state index contributed by atoms with van der Waals surface area (Å²) in [6.45, 7) is 3.26. The molecule has 108 valence electrons. The van der Waals surface area contributed by atoms with Gasteiger partial charge in [-0.2, -0.15) is 15.2 Å². The lowest BCUT2D eigenvalue weighted by Crippen LogP contribution is -2.16. The summed E-state index contributed by atoms with van der Waals surface area (Å²) >= 11 is 0. The maximum Gasteiger partial charge on any atom is 0.363 e. The predicted molar refractivity (Wildman–Crippen MR) is 76.3 cm³/mol. The second-order valence-electron chi connectivity index (χ2n) is 4.16. The molecule has 0 radical (unpaired) electrons. The average Bonchev–Trinajstić information content (AvgIpc) is 2.47. The van der Waals surface area contributed by atoms with Crippen LogP contribution in [-0.2, 0) is 0 Å². The quantitative estimate of drug-likeness (QED) is 0.494. The summed E-state index contributed by atoms with van der Waals surface area (Å²) < 4.78 is 0. The van der Waals surface area contributed by atoms with Crippen LogP contribution in [0.3, 0.4) is 0 Å². The first-order valence-electron chi connectivity index (χ1n) is 5.96. The number of anilines is 1. The van der Waals surface area contributed by atoms with Gasteiger partial charge < -0.3 is 0 Å². The van der Waals surface area contributed by atoms with Gasteiger partial charge in [0.15, 0.2) is 5.82 Å². The van der Waals surface area contributed by atoms with Crippen molar-refractivity contribution < 1.29 is 4.92 Å². The molecule has 0 saturated carbocycles. The highest BCUT2D eigenvalue weighted by Gasteiger charge is 2.14. The van der Waals surface area contributed by atoms with E-state index >= 15 is 0 Å². The molecular formula is C12H12N6O3. The van der Waals surface area contributed by atoms with Crippen LogP contribution in [0.1, 0.15) is 18.2 Å². The number of hydrogen-bond acceptors (Lipinski definition) is 7. The molecule has 0 amide bonds. The second kappa shape index (κ2) is 5.90. The summed E-state index contributed by atoms with van der Waals surface area (Å²) in [4.78, 5) is 25.2. The zero-order valence-electron chi connectivity index (χ0n) is 11.3.